The van der Waals surface area contributed by atoms with E-state index in [0.29, 0.717) is 23.6 Å². The highest BCUT2D eigenvalue weighted by Gasteiger charge is 2.11. The molecule has 0 aliphatic heterocycles. The number of hydrogen-bond acceptors (Lipinski definition) is 2. The molecule has 2 rings (SSSR count). The number of carbonyl (C=O) groups is 1. The molecule has 0 atom stereocenters. The Bertz CT molecular complexity index is 626. The van der Waals surface area contributed by atoms with E-state index in [1.165, 1.54) is 18.2 Å². The topological polar surface area (TPSA) is 38.3 Å². The summed E-state index contributed by atoms with van der Waals surface area (Å²) in [6, 6.07) is 11.3. The van der Waals surface area contributed by atoms with Crippen molar-refractivity contribution in [1.82, 2.24) is 0 Å². The average molecular weight is 273 g/mol. The predicted molar refractivity (Wildman–Crippen MR) is 76.7 cm³/mol. The number of benzene rings is 2. The van der Waals surface area contributed by atoms with Crippen molar-refractivity contribution in [3.05, 3.63) is 59.4 Å². The summed E-state index contributed by atoms with van der Waals surface area (Å²) in [6.07, 6.45) is 0. The summed E-state index contributed by atoms with van der Waals surface area (Å²) >= 11 is 0. The first-order chi connectivity index (χ1) is 9.60. The van der Waals surface area contributed by atoms with Crippen LogP contribution in [0.1, 0.15) is 22.8 Å². The predicted octanol–water partition coefficient (Wildman–Crippen LogP) is 3.79. The van der Waals surface area contributed by atoms with Gasteiger partial charge in [-0.15, -0.1) is 0 Å². The lowest BCUT2D eigenvalue weighted by Gasteiger charge is -2.11. The summed E-state index contributed by atoms with van der Waals surface area (Å²) in [7, 11) is 0. The third-order valence-corrected chi connectivity index (χ3v) is 2.77. The quantitative estimate of drug-likeness (QED) is 0.920. The van der Waals surface area contributed by atoms with Crippen LogP contribution in [-0.2, 0) is 0 Å². The van der Waals surface area contributed by atoms with Crippen molar-refractivity contribution in [3.63, 3.8) is 0 Å². The Morgan fingerprint density at radius 3 is 2.75 bits per heavy atom. The Balaban J connectivity index is 2.23. The second-order valence-corrected chi connectivity index (χ2v) is 4.40. The van der Waals surface area contributed by atoms with Crippen LogP contribution in [0.4, 0.5) is 10.1 Å². The van der Waals surface area contributed by atoms with Crippen molar-refractivity contribution in [2.24, 2.45) is 0 Å². The minimum Gasteiger partial charge on any atom is -0.492 e. The monoisotopic (exact) mass is 273 g/mol. The average Bonchev–Trinajstić information content (AvgIpc) is 2.42. The first-order valence-electron chi connectivity index (χ1n) is 6.40. The lowest BCUT2D eigenvalue weighted by atomic mass is 10.1. The molecule has 4 heteroatoms. The normalized spacial score (nSPS) is 10.2. The van der Waals surface area contributed by atoms with Crippen LogP contribution in [0.15, 0.2) is 42.5 Å². The Labute approximate surface area is 117 Å². The molecule has 2 aromatic rings. The zero-order chi connectivity index (χ0) is 14.5. The van der Waals surface area contributed by atoms with Gasteiger partial charge in [0.15, 0.2) is 0 Å². The summed E-state index contributed by atoms with van der Waals surface area (Å²) < 4.78 is 18.5. The maximum absolute atomic E-state index is 13.2. The van der Waals surface area contributed by atoms with Crippen LogP contribution in [0.5, 0.6) is 5.75 Å². The summed E-state index contributed by atoms with van der Waals surface area (Å²) in [5, 5.41) is 2.74. The van der Waals surface area contributed by atoms with Gasteiger partial charge in [0.05, 0.1) is 12.3 Å². The molecule has 1 N–H and O–H groups in total. The maximum Gasteiger partial charge on any atom is 0.255 e. The first-order valence-corrected chi connectivity index (χ1v) is 6.40. The molecule has 0 saturated heterocycles. The van der Waals surface area contributed by atoms with Gasteiger partial charge in [-0.25, -0.2) is 4.39 Å². The van der Waals surface area contributed by atoms with Gasteiger partial charge < -0.3 is 10.1 Å². The van der Waals surface area contributed by atoms with E-state index in [1.807, 2.05) is 19.1 Å². The fraction of sp³-hybridized carbons (Fsp3) is 0.188. The molecule has 0 saturated carbocycles. The van der Waals surface area contributed by atoms with E-state index in [0.717, 1.165) is 5.56 Å². The van der Waals surface area contributed by atoms with Crippen molar-refractivity contribution < 1.29 is 13.9 Å². The molecule has 0 fully saturated rings. The minimum absolute atomic E-state index is 0.249. The van der Waals surface area contributed by atoms with Crippen molar-refractivity contribution >= 4 is 11.6 Å². The van der Waals surface area contributed by atoms with Crippen molar-refractivity contribution in [3.8, 4) is 5.75 Å². The van der Waals surface area contributed by atoms with Gasteiger partial charge in [-0.3, -0.25) is 4.79 Å². The third kappa shape index (κ3) is 3.35. The molecule has 0 heterocycles. The largest absolute Gasteiger partial charge is 0.492 e. The van der Waals surface area contributed by atoms with E-state index in [9.17, 15) is 9.18 Å². The smallest absolute Gasteiger partial charge is 0.255 e. The van der Waals surface area contributed by atoms with Crippen LogP contribution in [-0.4, -0.2) is 12.5 Å². The number of anilines is 1. The number of rotatable bonds is 4. The number of halogens is 1. The van der Waals surface area contributed by atoms with Crippen LogP contribution in [0.3, 0.4) is 0 Å². The Kier molecular flexibility index (Phi) is 4.35. The van der Waals surface area contributed by atoms with Gasteiger partial charge in [0.25, 0.3) is 5.91 Å². The molecule has 104 valence electrons. The molecular weight excluding hydrogens is 257 g/mol. The summed E-state index contributed by atoms with van der Waals surface area (Å²) in [4.78, 5) is 12.1. The van der Waals surface area contributed by atoms with Crippen LogP contribution in [0.2, 0.25) is 0 Å². The Morgan fingerprint density at radius 1 is 1.25 bits per heavy atom. The Morgan fingerprint density at radius 2 is 2.05 bits per heavy atom. The zero-order valence-electron chi connectivity index (χ0n) is 11.4. The molecule has 0 unspecified atom stereocenters. The molecule has 0 bridgehead atoms. The van der Waals surface area contributed by atoms with E-state index in [-0.39, 0.29) is 5.91 Å². The van der Waals surface area contributed by atoms with Gasteiger partial charge in [-0.2, -0.15) is 0 Å². The highest BCUT2D eigenvalue weighted by atomic mass is 19.1. The number of carbonyl (C=O) groups excluding carboxylic acids is 1. The number of amides is 1. The van der Waals surface area contributed by atoms with E-state index >= 15 is 0 Å². The highest BCUT2D eigenvalue weighted by molar-refractivity contribution is 6.05. The number of ether oxygens (including phenoxy) is 1. The van der Waals surface area contributed by atoms with Crippen molar-refractivity contribution in [2.75, 3.05) is 11.9 Å². The molecule has 0 radical (unpaired) electrons. The van der Waals surface area contributed by atoms with Gasteiger partial charge in [-0.1, -0.05) is 17.7 Å². The van der Waals surface area contributed by atoms with Crippen molar-refractivity contribution in [1.29, 1.82) is 0 Å². The van der Waals surface area contributed by atoms with E-state index in [2.05, 4.69) is 5.32 Å². The van der Waals surface area contributed by atoms with Crippen LogP contribution >= 0.6 is 0 Å². The first kappa shape index (κ1) is 14.1. The summed E-state index contributed by atoms with van der Waals surface area (Å²) in [5.41, 5.74) is 2.01. The number of aryl methyl sites for hydroxylation is 1. The lowest BCUT2D eigenvalue weighted by Crippen LogP contribution is -2.13. The maximum atomic E-state index is 13.2. The van der Waals surface area contributed by atoms with Gasteiger partial charge in [-0.05, 0) is 38.1 Å². The lowest BCUT2D eigenvalue weighted by molar-refractivity contribution is 0.102. The molecule has 0 aromatic heterocycles. The van der Waals surface area contributed by atoms with Crippen molar-refractivity contribution in [2.45, 2.75) is 13.8 Å². The standard InChI is InChI=1S/C16H16FNO2/c1-3-20-15-10-13(17)7-8-14(15)18-16(19)12-6-4-5-11(2)9-12/h4-10H,3H2,1-2H3,(H,18,19). The molecule has 0 aliphatic rings. The van der Waals surface area contributed by atoms with Crippen LogP contribution in [0, 0.1) is 12.7 Å². The Hall–Kier alpha value is -2.36. The highest BCUT2D eigenvalue weighted by Crippen LogP contribution is 2.26. The molecule has 3 nitrogen and oxygen atoms in total. The van der Waals surface area contributed by atoms with Gasteiger partial charge >= 0.3 is 0 Å². The second-order valence-electron chi connectivity index (χ2n) is 4.40. The minimum atomic E-state index is -0.401. The van der Waals surface area contributed by atoms with Crippen LogP contribution < -0.4 is 10.1 Å². The molecule has 0 aliphatic carbocycles. The second kappa shape index (κ2) is 6.19. The van der Waals surface area contributed by atoms with E-state index < -0.39 is 5.82 Å². The van der Waals surface area contributed by atoms with Gasteiger partial charge in [0.1, 0.15) is 11.6 Å². The number of nitrogens with one attached hydrogen (secondary N) is 1. The van der Waals surface area contributed by atoms with Gasteiger partial charge in [0, 0.05) is 11.6 Å². The summed E-state index contributed by atoms with van der Waals surface area (Å²) in [5.74, 6) is -0.322. The SMILES string of the molecule is CCOc1cc(F)ccc1NC(=O)c1cccc(C)c1. The van der Waals surface area contributed by atoms with Gasteiger partial charge in [0.2, 0.25) is 0 Å². The fourth-order valence-electron chi connectivity index (χ4n) is 1.86. The van der Waals surface area contributed by atoms with E-state index in [4.69, 9.17) is 4.74 Å². The molecule has 1 amide bonds. The molecule has 20 heavy (non-hydrogen) atoms. The number of hydrogen-bond donors (Lipinski definition) is 1. The molecule has 0 spiro atoms. The van der Waals surface area contributed by atoms with Crippen LogP contribution in [0.25, 0.3) is 0 Å². The fourth-order valence-corrected chi connectivity index (χ4v) is 1.86. The zero-order valence-corrected chi connectivity index (χ0v) is 11.4. The molecule has 2 aromatic carbocycles. The molecular formula is C16H16FNO2. The van der Waals surface area contributed by atoms with E-state index in [1.54, 1.807) is 19.1 Å². The third-order valence-electron chi connectivity index (χ3n) is 2.77. The summed E-state index contributed by atoms with van der Waals surface area (Å²) in [6.45, 7) is 4.12.